The van der Waals surface area contributed by atoms with E-state index in [9.17, 15) is 9.65 Å². The summed E-state index contributed by atoms with van der Waals surface area (Å²) in [6.45, 7) is 1.89. The minimum Gasteiger partial charge on any atom is -0.442 e. The second kappa shape index (κ2) is 8.38. The summed E-state index contributed by atoms with van der Waals surface area (Å²) >= 11 is 7.36. The molecule has 0 unspecified atom stereocenters. The van der Waals surface area contributed by atoms with Gasteiger partial charge in [-0.1, -0.05) is 23.7 Å². The highest BCUT2D eigenvalue weighted by atomic mass is 35.5. The van der Waals surface area contributed by atoms with Gasteiger partial charge in [-0.05, 0) is 36.8 Å². The molecule has 1 aromatic heterocycles. The second-order valence-corrected chi connectivity index (χ2v) is 7.34. The summed E-state index contributed by atoms with van der Waals surface area (Å²) in [6, 6.07) is 11.5. The van der Waals surface area contributed by atoms with Crippen LogP contribution in [0.2, 0.25) is 5.02 Å². The van der Waals surface area contributed by atoms with Crippen LogP contribution in [-0.4, -0.2) is 29.7 Å². The number of benzene rings is 2. The smallest absolute Gasteiger partial charge is 0.218 e. The lowest BCUT2D eigenvalue weighted by atomic mass is 10.1. The summed E-state index contributed by atoms with van der Waals surface area (Å²) in [6.07, 6.45) is 1.68. The van der Waals surface area contributed by atoms with Crippen LogP contribution < -0.4 is 4.74 Å². The molecule has 0 saturated carbocycles. The van der Waals surface area contributed by atoms with Crippen LogP contribution in [0, 0.1) is 24.1 Å². The van der Waals surface area contributed by atoms with Crippen LogP contribution in [0.5, 0.6) is 10.8 Å². The van der Waals surface area contributed by atoms with Gasteiger partial charge in [-0.25, -0.2) is 9.38 Å². The van der Waals surface area contributed by atoms with Crippen LogP contribution in [-0.2, 0) is 0 Å². The Bertz CT molecular complexity index is 1090. The first-order valence-electron chi connectivity index (χ1n) is 8.23. The SMILES string of the molecule is Cc1cc(Oc2snc(-c3cccc(F)c3)c2C#N)c(Cl)cc1/N=C\N(C)C. The number of hydrogen-bond donors (Lipinski definition) is 0. The Balaban J connectivity index is 1.95. The zero-order valence-electron chi connectivity index (χ0n) is 15.4. The van der Waals surface area contributed by atoms with E-state index in [0.29, 0.717) is 27.1 Å². The largest absolute Gasteiger partial charge is 0.442 e. The average Bonchev–Trinajstić information content (AvgIpc) is 3.05. The molecule has 0 N–H and O–H groups in total. The number of hydrogen-bond acceptors (Lipinski definition) is 5. The molecular weight excluding hydrogens is 399 g/mol. The Kier molecular flexibility index (Phi) is 5.93. The molecule has 1 heterocycles. The van der Waals surface area contributed by atoms with Gasteiger partial charge in [0.1, 0.15) is 28.9 Å². The zero-order valence-corrected chi connectivity index (χ0v) is 17.0. The van der Waals surface area contributed by atoms with Crippen molar-refractivity contribution in [2.24, 2.45) is 4.99 Å². The Morgan fingerprint density at radius 1 is 1.32 bits per heavy atom. The average molecular weight is 415 g/mol. The molecule has 0 spiro atoms. The number of aryl methyl sites for hydroxylation is 1. The summed E-state index contributed by atoms with van der Waals surface area (Å²) in [7, 11) is 3.75. The van der Waals surface area contributed by atoms with Crippen molar-refractivity contribution in [2.75, 3.05) is 14.1 Å². The van der Waals surface area contributed by atoms with Crippen LogP contribution in [0.25, 0.3) is 11.3 Å². The highest BCUT2D eigenvalue weighted by molar-refractivity contribution is 7.08. The maximum absolute atomic E-state index is 13.5. The topological polar surface area (TPSA) is 61.5 Å². The lowest BCUT2D eigenvalue weighted by Crippen LogP contribution is -2.07. The molecule has 5 nitrogen and oxygen atoms in total. The summed E-state index contributed by atoms with van der Waals surface area (Å²) in [5.74, 6) is -0.00157. The van der Waals surface area contributed by atoms with Crippen molar-refractivity contribution in [1.82, 2.24) is 9.27 Å². The van der Waals surface area contributed by atoms with Crippen molar-refractivity contribution in [3.8, 4) is 28.1 Å². The number of halogens is 2. The first kappa shape index (κ1) is 19.8. The third-order valence-electron chi connectivity index (χ3n) is 3.75. The quantitative estimate of drug-likeness (QED) is 0.391. The first-order chi connectivity index (χ1) is 13.4. The van der Waals surface area contributed by atoms with E-state index in [0.717, 1.165) is 22.8 Å². The van der Waals surface area contributed by atoms with Crippen molar-refractivity contribution in [3.05, 3.63) is 58.4 Å². The Labute approximate surface area is 171 Å². The Hall–Kier alpha value is -2.95. The minimum atomic E-state index is -0.399. The molecule has 2 aromatic carbocycles. The van der Waals surface area contributed by atoms with Crippen molar-refractivity contribution in [3.63, 3.8) is 0 Å². The van der Waals surface area contributed by atoms with Gasteiger partial charge in [0, 0.05) is 31.2 Å². The molecule has 0 saturated heterocycles. The van der Waals surface area contributed by atoms with Crippen molar-refractivity contribution in [2.45, 2.75) is 6.92 Å². The van der Waals surface area contributed by atoms with Crippen LogP contribution in [0.15, 0.2) is 41.4 Å². The predicted octanol–water partition coefficient (Wildman–Crippen LogP) is 5.80. The Morgan fingerprint density at radius 3 is 2.79 bits per heavy atom. The monoisotopic (exact) mass is 414 g/mol. The van der Waals surface area contributed by atoms with E-state index in [1.807, 2.05) is 25.9 Å². The number of aliphatic imine (C=N–C) groups is 1. The summed E-state index contributed by atoms with van der Waals surface area (Å²) in [5, 5.41) is 10.2. The number of rotatable bonds is 5. The van der Waals surface area contributed by atoms with Gasteiger partial charge in [0.05, 0.1) is 17.0 Å². The standard InChI is InChI=1S/C20H16ClFN4OS/c1-12-7-18(16(21)9-17(12)24-11-26(2)3)27-20-15(10-23)19(25-28-20)13-5-4-6-14(22)8-13/h4-9,11H,1-3H3/b24-11-. The number of nitrogens with zero attached hydrogens (tertiary/aromatic N) is 4. The van der Waals surface area contributed by atoms with E-state index in [-0.39, 0.29) is 5.56 Å². The van der Waals surface area contributed by atoms with E-state index < -0.39 is 5.82 Å². The van der Waals surface area contributed by atoms with Crippen LogP contribution in [0.3, 0.4) is 0 Å². The highest BCUT2D eigenvalue weighted by Gasteiger charge is 2.19. The first-order valence-corrected chi connectivity index (χ1v) is 9.38. The molecule has 0 aliphatic heterocycles. The summed E-state index contributed by atoms with van der Waals surface area (Å²) in [5.41, 5.74) is 2.71. The Morgan fingerprint density at radius 2 is 2.11 bits per heavy atom. The predicted molar refractivity (Wildman–Crippen MR) is 110 cm³/mol. The molecule has 28 heavy (non-hydrogen) atoms. The van der Waals surface area contributed by atoms with E-state index in [2.05, 4.69) is 15.4 Å². The van der Waals surface area contributed by atoms with Crippen molar-refractivity contribution < 1.29 is 9.13 Å². The maximum atomic E-state index is 13.5. The number of nitriles is 1. The molecule has 0 aliphatic carbocycles. The molecule has 8 heteroatoms. The van der Waals surface area contributed by atoms with E-state index in [1.165, 1.54) is 12.1 Å². The molecule has 142 valence electrons. The lowest BCUT2D eigenvalue weighted by molar-refractivity contribution is 0.495. The fraction of sp³-hybridized carbons (Fsp3) is 0.150. The third-order valence-corrected chi connectivity index (χ3v) is 4.77. The van der Waals surface area contributed by atoms with Crippen molar-refractivity contribution >= 4 is 35.2 Å². The van der Waals surface area contributed by atoms with E-state index >= 15 is 0 Å². The minimum absolute atomic E-state index is 0.235. The normalized spacial score (nSPS) is 10.9. The van der Waals surface area contributed by atoms with Crippen LogP contribution >= 0.6 is 23.1 Å². The van der Waals surface area contributed by atoms with Gasteiger partial charge in [0.25, 0.3) is 0 Å². The van der Waals surface area contributed by atoms with Gasteiger partial charge in [0.2, 0.25) is 5.06 Å². The van der Waals surface area contributed by atoms with E-state index in [1.54, 1.807) is 30.6 Å². The molecule has 0 fully saturated rings. The third kappa shape index (κ3) is 4.30. The number of aromatic nitrogens is 1. The fourth-order valence-electron chi connectivity index (χ4n) is 2.42. The van der Waals surface area contributed by atoms with Gasteiger partial charge in [-0.15, -0.1) is 0 Å². The second-order valence-electron chi connectivity index (χ2n) is 6.20. The maximum Gasteiger partial charge on any atom is 0.218 e. The van der Waals surface area contributed by atoms with Gasteiger partial charge >= 0.3 is 0 Å². The molecule has 0 bridgehead atoms. The van der Waals surface area contributed by atoms with Gasteiger partial charge in [0.15, 0.2) is 0 Å². The summed E-state index contributed by atoms with van der Waals surface area (Å²) in [4.78, 5) is 6.18. The molecule has 0 atom stereocenters. The van der Waals surface area contributed by atoms with Gasteiger partial charge in [-0.2, -0.15) is 9.64 Å². The van der Waals surface area contributed by atoms with E-state index in [4.69, 9.17) is 16.3 Å². The lowest BCUT2D eigenvalue weighted by Gasteiger charge is -2.10. The molecule has 0 radical (unpaired) electrons. The molecule has 3 rings (SSSR count). The van der Waals surface area contributed by atoms with Crippen LogP contribution in [0.4, 0.5) is 10.1 Å². The molecule has 3 aromatic rings. The van der Waals surface area contributed by atoms with Crippen molar-refractivity contribution in [1.29, 1.82) is 5.26 Å². The fourth-order valence-corrected chi connectivity index (χ4v) is 3.34. The van der Waals surface area contributed by atoms with Gasteiger partial charge < -0.3 is 9.64 Å². The van der Waals surface area contributed by atoms with Crippen LogP contribution in [0.1, 0.15) is 11.1 Å². The highest BCUT2D eigenvalue weighted by Crippen LogP contribution is 2.40. The summed E-state index contributed by atoms with van der Waals surface area (Å²) < 4.78 is 23.7. The molecule has 0 amide bonds. The zero-order chi connectivity index (χ0) is 20.3. The molecular formula is C20H16ClFN4OS. The molecule has 0 aliphatic rings. The number of ether oxygens (including phenoxy) is 1. The van der Waals surface area contributed by atoms with Gasteiger partial charge in [-0.3, -0.25) is 0 Å².